The Morgan fingerprint density at radius 1 is 0.700 bits per heavy atom. The van der Waals surface area contributed by atoms with Gasteiger partial charge in [0.25, 0.3) is 0 Å². The molecule has 0 aromatic rings. The third-order valence-electron chi connectivity index (χ3n) is 3.72. The highest BCUT2D eigenvalue weighted by Crippen LogP contribution is 2.29. The second-order valence-corrected chi connectivity index (χ2v) is 8.85. The molecule has 0 aliphatic rings. The molecule has 20 heavy (non-hydrogen) atoms. The molecule has 0 radical (unpaired) electrons. The Kier molecular flexibility index (Phi) is 13.0. The summed E-state index contributed by atoms with van der Waals surface area (Å²) in [5.41, 5.74) is 1.07. The van der Waals surface area contributed by atoms with Gasteiger partial charge >= 0.3 is 0 Å². The lowest BCUT2D eigenvalue weighted by molar-refractivity contribution is 0.272. The van der Waals surface area contributed by atoms with Crippen molar-refractivity contribution in [3.63, 3.8) is 0 Å². The first kappa shape index (κ1) is 22.3. The van der Waals surface area contributed by atoms with E-state index in [2.05, 4.69) is 62.3 Å². The molecule has 0 spiro atoms. The van der Waals surface area contributed by atoms with Crippen LogP contribution >= 0.6 is 0 Å². The summed E-state index contributed by atoms with van der Waals surface area (Å²) < 4.78 is 0. The molecule has 0 heterocycles. The number of unbranched alkanes of at least 4 members (excludes halogenated alkanes) is 2. The molecule has 0 aromatic carbocycles. The summed E-state index contributed by atoms with van der Waals surface area (Å²) in [5.74, 6) is 0.963. The van der Waals surface area contributed by atoms with E-state index in [1.165, 1.54) is 51.4 Å². The molecule has 0 saturated carbocycles. The maximum atomic E-state index is 2.35. The van der Waals surface area contributed by atoms with Crippen molar-refractivity contribution in [1.82, 2.24) is 0 Å². The fraction of sp³-hybridized carbons (Fsp3) is 1.00. The Balaban J connectivity index is 0. The van der Waals surface area contributed by atoms with Crippen molar-refractivity contribution in [3.8, 4) is 0 Å². The molecule has 0 saturated heterocycles. The summed E-state index contributed by atoms with van der Waals surface area (Å²) >= 11 is 0. The van der Waals surface area contributed by atoms with Gasteiger partial charge < -0.3 is 0 Å². The Hall–Kier alpha value is 0. The van der Waals surface area contributed by atoms with Gasteiger partial charge in [-0.1, -0.05) is 101 Å². The number of hydrogen-bond donors (Lipinski definition) is 0. The molecule has 0 aliphatic heterocycles. The quantitative estimate of drug-likeness (QED) is 0.446. The predicted molar refractivity (Wildman–Crippen MR) is 96.4 cm³/mol. The SMILES string of the molecule is CCCCC(C)(C)C.CCCCC(CC)CC(C)(C)C. The topological polar surface area (TPSA) is 0 Å². The summed E-state index contributed by atoms with van der Waals surface area (Å²) in [6, 6.07) is 0. The van der Waals surface area contributed by atoms with Crippen LogP contribution in [0.25, 0.3) is 0 Å². The van der Waals surface area contributed by atoms with E-state index in [1.54, 1.807) is 0 Å². The zero-order chi connectivity index (χ0) is 16.2. The third-order valence-corrected chi connectivity index (χ3v) is 3.72. The fourth-order valence-corrected chi connectivity index (χ4v) is 2.52. The fourth-order valence-electron chi connectivity index (χ4n) is 2.52. The molecular weight excluding hydrogens is 240 g/mol. The van der Waals surface area contributed by atoms with Crippen LogP contribution in [0, 0.1) is 16.7 Å². The molecular formula is C20H44. The maximum absolute atomic E-state index is 2.35. The largest absolute Gasteiger partial charge is 0.0654 e. The molecule has 0 N–H and O–H groups in total. The van der Waals surface area contributed by atoms with E-state index in [-0.39, 0.29) is 0 Å². The Morgan fingerprint density at radius 3 is 1.45 bits per heavy atom. The van der Waals surface area contributed by atoms with Crippen molar-refractivity contribution < 1.29 is 0 Å². The summed E-state index contributed by atoms with van der Waals surface area (Å²) in [5, 5.41) is 0. The van der Waals surface area contributed by atoms with E-state index < -0.39 is 0 Å². The number of rotatable bonds is 7. The minimum atomic E-state index is 0.522. The van der Waals surface area contributed by atoms with Crippen LogP contribution in [0.15, 0.2) is 0 Å². The highest BCUT2D eigenvalue weighted by atomic mass is 14.2. The van der Waals surface area contributed by atoms with Crippen LogP contribution in [0.2, 0.25) is 0 Å². The molecule has 0 fully saturated rings. The maximum Gasteiger partial charge on any atom is -0.0380 e. The summed E-state index contributed by atoms with van der Waals surface area (Å²) in [6.45, 7) is 20.8. The van der Waals surface area contributed by atoms with Gasteiger partial charge in [-0.15, -0.1) is 0 Å². The Morgan fingerprint density at radius 2 is 1.20 bits per heavy atom. The first-order valence-corrected chi connectivity index (χ1v) is 9.05. The predicted octanol–water partition coefficient (Wildman–Crippen LogP) is 7.86. The smallest absolute Gasteiger partial charge is 0.0380 e. The summed E-state index contributed by atoms with van der Waals surface area (Å²) in [7, 11) is 0. The van der Waals surface area contributed by atoms with Gasteiger partial charge in [-0.3, -0.25) is 0 Å². The average molecular weight is 285 g/mol. The molecule has 0 rings (SSSR count). The second-order valence-electron chi connectivity index (χ2n) is 8.85. The summed E-state index contributed by atoms with van der Waals surface area (Å²) in [6.07, 6.45) is 11.0. The molecule has 124 valence electrons. The van der Waals surface area contributed by atoms with Gasteiger partial charge in [0.15, 0.2) is 0 Å². The van der Waals surface area contributed by atoms with Crippen LogP contribution in [0.1, 0.15) is 114 Å². The van der Waals surface area contributed by atoms with Gasteiger partial charge in [0.05, 0.1) is 0 Å². The van der Waals surface area contributed by atoms with Gasteiger partial charge in [-0.05, 0) is 29.6 Å². The third kappa shape index (κ3) is 20.3. The van der Waals surface area contributed by atoms with Gasteiger partial charge in [-0.2, -0.15) is 0 Å². The molecule has 1 atom stereocenters. The van der Waals surface area contributed by atoms with Gasteiger partial charge in [0.1, 0.15) is 0 Å². The minimum absolute atomic E-state index is 0.522. The lowest BCUT2D eigenvalue weighted by Gasteiger charge is -2.25. The minimum Gasteiger partial charge on any atom is -0.0654 e. The van der Waals surface area contributed by atoms with E-state index in [0.29, 0.717) is 10.8 Å². The lowest BCUT2D eigenvalue weighted by Crippen LogP contribution is -2.12. The first-order valence-electron chi connectivity index (χ1n) is 9.05. The Bertz CT molecular complexity index is 189. The molecule has 1 unspecified atom stereocenters. The second kappa shape index (κ2) is 11.6. The summed E-state index contributed by atoms with van der Waals surface area (Å²) in [4.78, 5) is 0. The van der Waals surface area contributed by atoms with Crippen molar-refractivity contribution in [2.45, 2.75) is 114 Å². The van der Waals surface area contributed by atoms with E-state index in [9.17, 15) is 0 Å². The average Bonchev–Trinajstić information content (AvgIpc) is 2.30. The van der Waals surface area contributed by atoms with Gasteiger partial charge in [-0.25, -0.2) is 0 Å². The van der Waals surface area contributed by atoms with E-state index in [4.69, 9.17) is 0 Å². The lowest BCUT2D eigenvalue weighted by atomic mass is 9.81. The first-order chi connectivity index (χ1) is 9.05. The van der Waals surface area contributed by atoms with Crippen molar-refractivity contribution in [2.75, 3.05) is 0 Å². The van der Waals surface area contributed by atoms with Crippen molar-refractivity contribution in [3.05, 3.63) is 0 Å². The zero-order valence-electron chi connectivity index (χ0n) is 16.2. The van der Waals surface area contributed by atoms with Gasteiger partial charge in [0, 0.05) is 0 Å². The highest BCUT2D eigenvalue weighted by molar-refractivity contribution is 4.68. The monoisotopic (exact) mass is 284 g/mol. The molecule has 0 amide bonds. The van der Waals surface area contributed by atoms with Crippen LogP contribution in [0.3, 0.4) is 0 Å². The van der Waals surface area contributed by atoms with Crippen LogP contribution in [0.5, 0.6) is 0 Å². The van der Waals surface area contributed by atoms with Crippen LogP contribution in [-0.4, -0.2) is 0 Å². The van der Waals surface area contributed by atoms with E-state index >= 15 is 0 Å². The molecule has 0 aromatic heterocycles. The van der Waals surface area contributed by atoms with Gasteiger partial charge in [0.2, 0.25) is 0 Å². The number of hydrogen-bond acceptors (Lipinski definition) is 0. The molecule has 0 nitrogen and oxygen atoms in total. The van der Waals surface area contributed by atoms with Crippen molar-refractivity contribution >= 4 is 0 Å². The van der Waals surface area contributed by atoms with Crippen LogP contribution in [-0.2, 0) is 0 Å². The van der Waals surface area contributed by atoms with E-state index in [1.807, 2.05) is 0 Å². The zero-order valence-corrected chi connectivity index (χ0v) is 16.2. The molecule has 0 bridgehead atoms. The van der Waals surface area contributed by atoms with Crippen LogP contribution < -0.4 is 0 Å². The van der Waals surface area contributed by atoms with E-state index in [0.717, 1.165) is 5.92 Å². The standard InChI is InChI=1S/C12H26.C8H18/c1-6-8-9-11(7-2)10-12(3,4)5;1-5-6-7-8(2,3)4/h11H,6-10H2,1-5H3;5-7H2,1-4H3. The van der Waals surface area contributed by atoms with Crippen molar-refractivity contribution in [1.29, 1.82) is 0 Å². The molecule has 0 aliphatic carbocycles. The molecule has 0 heteroatoms. The highest BCUT2D eigenvalue weighted by Gasteiger charge is 2.16. The van der Waals surface area contributed by atoms with Crippen molar-refractivity contribution in [2.24, 2.45) is 16.7 Å². The normalized spacial score (nSPS) is 13.7. The van der Waals surface area contributed by atoms with Crippen LogP contribution in [0.4, 0.5) is 0 Å². The Labute approximate surface area is 131 Å².